The summed E-state index contributed by atoms with van der Waals surface area (Å²) in [6, 6.07) is 3.74. The number of carbonyl (C=O) groups excluding carboxylic acids is 1. The Balaban J connectivity index is 1.78. The smallest absolute Gasteiger partial charge is 0.244 e. The molecule has 4 nitrogen and oxygen atoms in total. The Morgan fingerprint density at radius 3 is 2.90 bits per heavy atom. The lowest BCUT2D eigenvalue weighted by molar-refractivity contribution is -0.116. The molecule has 2 unspecified atom stereocenters. The molecular formula is C16H22N2O2. The highest BCUT2D eigenvalue weighted by Gasteiger charge is 2.24. The summed E-state index contributed by atoms with van der Waals surface area (Å²) in [6.07, 6.45) is 11.3. The van der Waals surface area contributed by atoms with E-state index in [1.165, 1.54) is 18.9 Å². The summed E-state index contributed by atoms with van der Waals surface area (Å²) in [4.78, 5) is 15.8. The van der Waals surface area contributed by atoms with Crippen LogP contribution in [0.2, 0.25) is 0 Å². The van der Waals surface area contributed by atoms with Crippen molar-refractivity contribution in [1.82, 2.24) is 10.3 Å². The summed E-state index contributed by atoms with van der Waals surface area (Å²) < 4.78 is 0. The monoisotopic (exact) mass is 274 g/mol. The molecule has 0 radical (unpaired) electrons. The van der Waals surface area contributed by atoms with Gasteiger partial charge in [-0.25, -0.2) is 0 Å². The fraction of sp³-hybridized carbons (Fsp3) is 0.500. The second-order valence-electron chi connectivity index (χ2n) is 5.35. The van der Waals surface area contributed by atoms with Crippen LogP contribution in [0.25, 0.3) is 6.08 Å². The number of aliphatic hydroxyl groups is 1. The van der Waals surface area contributed by atoms with Gasteiger partial charge in [0, 0.05) is 31.6 Å². The van der Waals surface area contributed by atoms with Gasteiger partial charge in [0.1, 0.15) is 0 Å². The van der Waals surface area contributed by atoms with Crippen molar-refractivity contribution in [3.05, 3.63) is 36.2 Å². The zero-order valence-corrected chi connectivity index (χ0v) is 11.7. The van der Waals surface area contributed by atoms with E-state index in [1.807, 2.05) is 12.1 Å². The van der Waals surface area contributed by atoms with E-state index in [1.54, 1.807) is 18.5 Å². The van der Waals surface area contributed by atoms with E-state index in [0.717, 1.165) is 18.4 Å². The summed E-state index contributed by atoms with van der Waals surface area (Å²) in [7, 11) is 0. The number of aliphatic hydroxyl groups excluding tert-OH is 1. The highest BCUT2D eigenvalue weighted by Crippen LogP contribution is 2.28. The average Bonchev–Trinajstić information content (AvgIpc) is 2.52. The van der Waals surface area contributed by atoms with Gasteiger partial charge in [0.05, 0.1) is 0 Å². The van der Waals surface area contributed by atoms with E-state index in [0.29, 0.717) is 18.4 Å². The normalized spacial score (nSPS) is 22.9. The van der Waals surface area contributed by atoms with Gasteiger partial charge in [-0.1, -0.05) is 18.9 Å². The highest BCUT2D eigenvalue weighted by atomic mass is 16.3. The zero-order valence-electron chi connectivity index (χ0n) is 11.7. The molecule has 0 aliphatic heterocycles. The molecular weight excluding hydrogens is 252 g/mol. The lowest BCUT2D eigenvalue weighted by Crippen LogP contribution is -2.34. The molecule has 0 bridgehead atoms. The van der Waals surface area contributed by atoms with Gasteiger partial charge < -0.3 is 10.4 Å². The van der Waals surface area contributed by atoms with E-state index >= 15 is 0 Å². The van der Waals surface area contributed by atoms with Crippen LogP contribution in [0.1, 0.15) is 31.2 Å². The van der Waals surface area contributed by atoms with Crippen LogP contribution >= 0.6 is 0 Å². The molecule has 20 heavy (non-hydrogen) atoms. The predicted octanol–water partition coefficient (Wildman–Crippen LogP) is 2.01. The number of nitrogens with zero attached hydrogens (tertiary/aromatic N) is 1. The van der Waals surface area contributed by atoms with Crippen LogP contribution in [0.5, 0.6) is 0 Å². The molecule has 2 atom stereocenters. The van der Waals surface area contributed by atoms with Crippen LogP contribution in [0.3, 0.4) is 0 Å². The summed E-state index contributed by atoms with van der Waals surface area (Å²) in [5.41, 5.74) is 0.911. The number of rotatable bonds is 5. The second kappa shape index (κ2) is 7.80. The molecule has 1 saturated carbocycles. The summed E-state index contributed by atoms with van der Waals surface area (Å²) in [5, 5.41) is 12.3. The summed E-state index contributed by atoms with van der Waals surface area (Å²) in [6.45, 7) is 0.882. The third-order valence-corrected chi connectivity index (χ3v) is 3.95. The number of nitrogens with one attached hydrogen (secondary N) is 1. The molecule has 0 saturated heterocycles. The van der Waals surface area contributed by atoms with Crippen molar-refractivity contribution in [3.8, 4) is 0 Å². The van der Waals surface area contributed by atoms with Crippen LogP contribution in [0, 0.1) is 11.8 Å². The first-order valence-corrected chi connectivity index (χ1v) is 7.26. The van der Waals surface area contributed by atoms with Crippen LogP contribution < -0.4 is 5.32 Å². The van der Waals surface area contributed by atoms with Crippen molar-refractivity contribution in [2.24, 2.45) is 11.8 Å². The Labute approximate surface area is 119 Å². The highest BCUT2D eigenvalue weighted by molar-refractivity contribution is 5.91. The first-order chi connectivity index (χ1) is 9.79. The zero-order chi connectivity index (χ0) is 14.2. The minimum atomic E-state index is -0.0869. The molecule has 1 fully saturated rings. The standard InChI is InChI=1S/C16H22N2O2/c19-12-15-6-2-1-5-14(15)11-18-16(20)8-7-13-4-3-9-17-10-13/h3-4,7-10,14-15,19H,1-2,5-6,11-12H2,(H,18,20). The third kappa shape index (κ3) is 4.46. The van der Waals surface area contributed by atoms with Crippen molar-refractivity contribution in [1.29, 1.82) is 0 Å². The van der Waals surface area contributed by atoms with Gasteiger partial charge in [0.25, 0.3) is 0 Å². The van der Waals surface area contributed by atoms with E-state index in [-0.39, 0.29) is 12.5 Å². The fourth-order valence-corrected chi connectivity index (χ4v) is 2.73. The van der Waals surface area contributed by atoms with Gasteiger partial charge in [0.2, 0.25) is 5.91 Å². The predicted molar refractivity (Wildman–Crippen MR) is 78.8 cm³/mol. The maximum Gasteiger partial charge on any atom is 0.244 e. The van der Waals surface area contributed by atoms with Crippen molar-refractivity contribution in [2.45, 2.75) is 25.7 Å². The summed E-state index contributed by atoms with van der Waals surface area (Å²) >= 11 is 0. The van der Waals surface area contributed by atoms with Crippen molar-refractivity contribution in [2.75, 3.05) is 13.2 Å². The maximum absolute atomic E-state index is 11.8. The maximum atomic E-state index is 11.8. The Morgan fingerprint density at radius 2 is 2.20 bits per heavy atom. The lowest BCUT2D eigenvalue weighted by Gasteiger charge is -2.30. The number of aromatic nitrogens is 1. The SMILES string of the molecule is O=C(C=Cc1cccnc1)NCC1CCCCC1CO. The molecule has 4 heteroatoms. The van der Waals surface area contributed by atoms with Crippen molar-refractivity contribution >= 4 is 12.0 Å². The third-order valence-electron chi connectivity index (χ3n) is 3.95. The van der Waals surface area contributed by atoms with Crippen molar-refractivity contribution in [3.63, 3.8) is 0 Å². The molecule has 1 heterocycles. The van der Waals surface area contributed by atoms with E-state index in [4.69, 9.17) is 0 Å². The topological polar surface area (TPSA) is 62.2 Å². The summed E-state index contributed by atoms with van der Waals surface area (Å²) in [5.74, 6) is 0.659. The van der Waals surface area contributed by atoms with Gasteiger partial charge in [-0.2, -0.15) is 0 Å². The van der Waals surface area contributed by atoms with Crippen LogP contribution in [-0.2, 0) is 4.79 Å². The fourth-order valence-electron chi connectivity index (χ4n) is 2.73. The molecule has 108 valence electrons. The largest absolute Gasteiger partial charge is 0.396 e. The molecule has 1 aliphatic rings. The molecule has 1 aromatic heterocycles. The quantitative estimate of drug-likeness (QED) is 0.807. The first kappa shape index (κ1) is 14.7. The Hall–Kier alpha value is -1.68. The van der Waals surface area contributed by atoms with E-state index < -0.39 is 0 Å². The van der Waals surface area contributed by atoms with Crippen LogP contribution in [-0.4, -0.2) is 29.1 Å². The van der Waals surface area contributed by atoms with E-state index in [2.05, 4.69) is 10.3 Å². The first-order valence-electron chi connectivity index (χ1n) is 7.26. The molecule has 1 aromatic rings. The Kier molecular flexibility index (Phi) is 5.74. The molecule has 0 spiro atoms. The molecule has 1 amide bonds. The van der Waals surface area contributed by atoms with Crippen LogP contribution in [0.15, 0.2) is 30.6 Å². The van der Waals surface area contributed by atoms with Gasteiger partial charge >= 0.3 is 0 Å². The Morgan fingerprint density at radius 1 is 1.40 bits per heavy atom. The molecule has 2 rings (SSSR count). The van der Waals surface area contributed by atoms with Crippen LogP contribution in [0.4, 0.5) is 0 Å². The second-order valence-corrected chi connectivity index (χ2v) is 5.35. The van der Waals surface area contributed by atoms with Gasteiger partial charge in [-0.05, 0) is 42.4 Å². The molecule has 0 aromatic carbocycles. The number of hydrogen-bond donors (Lipinski definition) is 2. The van der Waals surface area contributed by atoms with Gasteiger partial charge in [0.15, 0.2) is 0 Å². The van der Waals surface area contributed by atoms with E-state index in [9.17, 15) is 9.90 Å². The molecule has 2 N–H and O–H groups in total. The van der Waals surface area contributed by atoms with Gasteiger partial charge in [-0.3, -0.25) is 9.78 Å². The lowest BCUT2D eigenvalue weighted by atomic mass is 9.79. The number of hydrogen-bond acceptors (Lipinski definition) is 3. The minimum absolute atomic E-state index is 0.0869. The number of amides is 1. The number of carbonyl (C=O) groups is 1. The Bertz CT molecular complexity index is 445. The minimum Gasteiger partial charge on any atom is -0.396 e. The van der Waals surface area contributed by atoms with Crippen molar-refractivity contribution < 1.29 is 9.90 Å². The number of pyridine rings is 1. The average molecular weight is 274 g/mol. The molecule has 1 aliphatic carbocycles. The van der Waals surface area contributed by atoms with Gasteiger partial charge in [-0.15, -0.1) is 0 Å².